The summed E-state index contributed by atoms with van der Waals surface area (Å²) >= 11 is 0. The molecule has 0 aliphatic carbocycles. The van der Waals surface area contributed by atoms with Gasteiger partial charge in [0.1, 0.15) is 11.4 Å². The Bertz CT molecular complexity index is 1280. The van der Waals surface area contributed by atoms with Crippen molar-refractivity contribution in [2.75, 3.05) is 26.6 Å². The molecule has 194 valence electrons. The highest BCUT2D eigenvalue weighted by Crippen LogP contribution is 2.45. The number of nitrogens with zero attached hydrogens (tertiary/aromatic N) is 5. The number of aryl methyl sites for hydroxylation is 2. The molecule has 1 N–H and O–H groups in total. The highest BCUT2D eigenvalue weighted by Gasteiger charge is 2.47. The highest BCUT2D eigenvalue weighted by atomic mass is 19.4. The van der Waals surface area contributed by atoms with E-state index in [-0.39, 0.29) is 24.3 Å². The van der Waals surface area contributed by atoms with Crippen LogP contribution in [0, 0.1) is 13.8 Å². The van der Waals surface area contributed by atoms with E-state index in [4.69, 9.17) is 9.47 Å². The largest absolute Gasteiger partial charge is 0.493 e. The topological polar surface area (TPSA) is 86.4 Å². The van der Waals surface area contributed by atoms with Crippen LogP contribution in [0.3, 0.4) is 0 Å². The van der Waals surface area contributed by atoms with Crippen molar-refractivity contribution in [1.82, 2.24) is 24.5 Å². The molecule has 2 aromatic heterocycles. The zero-order valence-electron chi connectivity index (χ0n) is 21.0. The van der Waals surface area contributed by atoms with Crippen molar-refractivity contribution >= 4 is 11.7 Å². The van der Waals surface area contributed by atoms with Gasteiger partial charge in [-0.3, -0.25) is 9.48 Å². The van der Waals surface area contributed by atoms with Crippen molar-refractivity contribution in [1.29, 1.82) is 0 Å². The fourth-order valence-corrected chi connectivity index (χ4v) is 4.57. The molecule has 1 aliphatic heterocycles. The lowest BCUT2D eigenvalue weighted by atomic mass is 9.96. The summed E-state index contributed by atoms with van der Waals surface area (Å²) in [5.74, 6) is 0.450. The molecule has 0 radical (unpaired) electrons. The Morgan fingerprint density at radius 3 is 2.50 bits per heavy atom. The molecule has 0 fully saturated rings. The van der Waals surface area contributed by atoms with Crippen LogP contribution in [0.4, 0.5) is 19.0 Å². The number of hydrogen-bond acceptors (Lipinski definition) is 6. The van der Waals surface area contributed by atoms with Crippen LogP contribution in [0.15, 0.2) is 24.4 Å². The van der Waals surface area contributed by atoms with Gasteiger partial charge in [0.15, 0.2) is 17.5 Å². The van der Waals surface area contributed by atoms with Gasteiger partial charge in [0, 0.05) is 38.3 Å². The van der Waals surface area contributed by atoms with E-state index in [1.54, 1.807) is 29.9 Å². The summed E-state index contributed by atoms with van der Waals surface area (Å²) in [4.78, 5) is 14.8. The lowest BCUT2D eigenvalue weighted by Crippen LogP contribution is -2.36. The number of methoxy groups -OCH3 is 2. The first-order valence-corrected chi connectivity index (χ1v) is 11.3. The summed E-state index contributed by atoms with van der Waals surface area (Å²) in [5, 5.41) is 11.5. The van der Waals surface area contributed by atoms with Gasteiger partial charge < -0.3 is 19.7 Å². The maximum atomic E-state index is 14.1. The molecule has 0 spiro atoms. The third kappa shape index (κ3) is 4.47. The van der Waals surface area contributed by atoms with Gasteiger partial charge in [0.2, 0.25) is 0 Å². The number of ether oxygens (including phenoxy) is 2. The Morgan fingerprint density at radius 1 is 1.22 bits per heavy atom. The minimum Gasteiger partial charge on any atom is -0.493 e. The van der Waals surface area contributed by atoms with E-state index in [1.165, 1.54) is 25.3 Å². The molecule has 0 saturated heterocycles. The quantitative estimate of drug-likeness (QED) is 0.540. The van der Waals surface area contributed by atoms with Crippen LogP contribution in [-0.2, 0) is 13.6 Å². The molecule has 9 nitrogen and oxygen atoms in total. The van der Waals surface area contributed by atoms with Crippen LogP contribution in [0.5, 0.6) is 11.5 Å². The van der Waals surface area contributed by atoms with Gasteiger partial charge in [-0.15, -0.1) is 0 Å². The second kappa shape index (κ2) is 9.40. The summed E-state index contributed by atoms with van der Waals surface area (Å²) in [5.41, 5.74) is 3.22. The van der Waals surface area contributed by atoms with Crippen molar-refractivity contribution < 1.29 is 27.4 Å². The van der Waals surface area contributed by atoms with Crippen LogP contribution in [0.25, 0.3) is 0 Å². The predicted octanol–water partition coefficient (Wildman–Crippen LogP) is 4.18. The fraction of sp³-hybridized carbons (Fsp3) is 0.458. The third-order valence-electron chi connectivity index (χ3n) is 6.68. The second-order valence-corrected chi connectivity index (χ2v) is 8.89. The first-order valence-electron chi connectivity index (χ1n) is 11.3. The van der Waals surface area contributed by atoms with Crippen LogP contribution < -0.4 is 14.8 Å². The summed E-state index contributed by atoms with van der Waals surface area (Å²) in [6.07, 6.45) is -3.67. The zero-order chi connectivity index (χ0) is 26.4. The summed E-state index contributed by atoms with van der Waals surface area (Å²) in [6, 6.07) is 2.32. The molecule has 1 aliphatic rings. The fourth-order valence-electron chi connectivity index (χ4n) is 4.57. The minimum atomic E-state index is -4.56. The Hall–Kier alpha value is -3.70. The van der Waals surface area contributed by atoms with Gasteiger partial charge in [-0.05, 0) is 31.5 Å². The van der Waals surface area contributed by atoms with Crippen molar-refractivity contribution in [3.63, 3.8) is 0 Å². The van der Waals surface area contributed by atoms with E-state index >= 15 is 0 Å². The Labute approximate surface area is 206 Å². The number of hydrogen-bond donors (Lipinski definition) is 1. The van der Waals surface area contributed by atoms with E-state index in [0.717, 1.165) is 21.6 Å². The standard InChI is InChI=1S/C24H29F3N6O3/c1-13-17(14(2)32(4)30-13)12-31(3)23(34)16-11-28-33-21(24(25,26)27)10-18(29-22(16)33)15-7-8-19(35-5)20(9-15)36-6/h7-9,11,18,21,29H,10,12H2,1-6H3. The Kier molecular flexibility index (Phi) is 6.63. The molecular weight excluding hydrogens is 477 g/mol. The van der Waals surface area contributed by atoms with Gasteiger partial charge in [0.05, 0.1) is 32.2 Å². The van der Waals surface area contributed by atoms with Crippen LogP contribution >= 0.6 is 0 Å². The SMILES string of the molecule is COc1ccc(C2CC(C(F)(F)F)n3ncc(C(=O)N(C)Cc4c(C)nn(C)c4C)c3N2)cc1OC. The van der Waals surface area contributed by atoms with Crippen LogP contribution in [0.1, 0.15) is 51.4 Å². The number of fused-ring (bicyclic) bond motifs is 1. The number of carbonyl (C=O) groups is 1. The second-order valence-electron chi connectivity index (χ2n) is 8.89. The molecule has 0 bridgehead atoms. The number of rotatable bonds is 6. The molecule has 0 saturated carbocycles. The lowest BCUT2D eigenvalue weighted by molar-refractivity contribution is -0.173. The first kappa shape index (κ1) is 25.4. The first-order chi connectivity index (χ1) is 17.0. The van der Waals surface area contributed by atoms with E-state index < -0.39 is 24.2 Å². The Morgan fingerprint density at radius 2 is 1.92 bits per heavy atom. The average molecular weight is 507 g/mol. The van der Waals surface area contributed by atoms with E-state index in [2.05, 4.69) is 15.5 Å². The van der Waals surface area contributed by atoms with Gasteiger partial charge in [-0.25, -0.2) is 4.68 Å². The van der Waals surface area contributed by atoms with Gasteiger partial charge in [-0.2, -0.15) is 23.4 Å². The van der Waals surface area contributed by atoms with E-state index in [9.17, 15) is 18.0 Å². The van der Waals surface area contributed by atoms with Crippen molar-refractivity contribution in [3.05, 3.63) is 52.5 Å². The summed E-state index contributed by atoms with van der Waals surface area (Å²) in [6.45, 7) is 4.01. The number of carbonyl (C=O) groups excluding carboxylic acids is 1. The number of anilines is 1. The average Bonchev–Trinajstić information content (AvgIpc) is 3.37. The number of halogens is 3. The van der Waals surface area contributed by atoms with Gasteiger partial charge in [-0.1, -0.05) is 6.07 Å². The number of nitrogens with one attached hydrogen (secondary N) is 1. The third-order valence-corrected chi connectivity index (χ3v) is 6.68. The molecule has 4 rings (SSSR count). The van der Waals surface area contributed by atoms with Crippen molar-refractivity contribution in [2.45, 2.75) is 45.1 Å². The number of aromatic nitrogens is 4. The summed E-state index contributed by atoms with van der Waals surface area (Å²) in [7, 11) is 6.37. The van der Waals surface area contributed by atoms with Gasteiger partial charge >= 0.3 is 6.18 Å². The van der Waals surface area contributed by atoms with E-state index in [0.29, 0.717) is 17.1 Å². The highest BCUT2D eigenvalue weighted by molar-refractivity contribution is 5.98. The number of amides is 1. The smallest absolute Gasteiger partial charge is 0.410 e. The van der Waals surface area contributed by atoms with Crippen LogP contribution in [0.2, 0.25) is 0 Å². The monoisotopic (exact) mass is 506 g/mol. The molecule has 36 heavy (non-hydrogen) atoms. The molecule has 2 unspecified atom stereocenters. The zero-order valence-corrected chi connectivity index (χ0v) is 21.0. The molecule has 2 atom stereocenters. The number of benzene rings is 1. The van der Waals surface area contributed by atoms with Crippen LogP contribution in [-0.4, -0.2) is 57.8 Å². The predicted molar refractivity (Wildman–Crippen MR) is 126 cm³/mol. The van der Waals surface area contributed by atoms with Crippen molar-refractivity contribution in [2.24, 2.45) is 7.05 Å². The molecule has 3 aromatic rings. The Balaban J connectivity index is 1.69. The summed E-state index contributed by atoms with van der Waals surface area (Å²) < 4.78 is 55.4. The molecular formula is C24H29F3N6O3. The van der Waals surface area contributed by atoms with Gasteiger partial charge in [0.25, 0.3) is 5.91 Å². The molecule has 3 heterocycles. The maximum absolute atomic E-state index is 14.1. The maximum Gasteiger partial charge on any atom is 0.410 e. The molecule has 1 aromatic carbocycles. The van der Waals surface area contributed by atoms with E-state index in [1.807, 2.05) is 20.9 Å². The van der Waals surface area contributed by atoms with Crippen molar-refractivity contribution in [3.8, 4) is 11.5 Å². The number of alkyl halides is 3. The lowest BCUT2D eigenvalue weighted by Gasteiger charge is -2.34. The normalized spacial score (nSPS) is 17.4. The minimum absolute atomic E-state index is 0.0276. The molecule has 1 amide bonds. The molecule has 12 heteroatoms.